The highest BCUT2D eigenvalue weighted by Gasteiger charge is 2.21. The van der Waals surface area contributed by atoms with E-state index in [0.717, 1.165) is 41.0 Å². The normalized spacial score (nSPS) is 13.0. The third-order valence-electron chi connectivity index (χ3n) is 5.92. The van der Waals surface area contributed by atoms with Crippen LogP contribution in [0.4, 0.5) is 17.1 Å². The predicted octanol–water partition coefficient (Wildman–Crippen LogP) is 6.80. The Morgan fingerprint density at radius 3 is 1.90 bits per heavy atom. The Morgan fingerprint density at radius 2 is 1.23 bits per heavy atom. The van der Waals surface area contributed by atoms with E-state index < -0.39 is 0 Å². The summed E-state index contributed by atoms with van der Waals surface area (Å²) >= 11 is 0. The molecule has 0 bridgehead atoms. The van der Waals surface area contributed by atoms with Gasteiger partial charge in [0.15, 0.2) is 0 Å². The van der Waals surface area contributed by atoms with Gasteiger partial charge in [-0.2, -0.15) is 0 Å². The summed E-state index contributed by atoms with van der Waals surface area (Å²) in [5, 5.41) is 0. The minimum absolute atomic E-state index is 0.902. The van der Waals surface area contributed by atoms with Crippen molar-refractivity contribution in [3.8, 4) is 11.4 Å². The molecule has 1 N–H and O–H groups in total. The van der Waals surface area contributed by atoms with Crippen molar-refractivity contribution in [2.24, 2.45) is 0 Å². The third kappa shape index (κ3) is 2.79. The molecule has 1 aliphatic rings. The zero-order valence-electron chi connectivity index (χ0n) is 16.5. The summed E-state index contributed by atoms with van der Waals surface area (Å²) in [6, 6.07) is 34.3. The number of hydrogen-bond donors (Lipinski definition) is 1. The number of H-pyrrole nitrogens is 1. The topological polar surface area (TPSA) is 31.9 Å². The number of aryl methyl sites for hydroxylation is 2. The van der Waals surface area contributed by atoms with Crippen molar-refractivity contribution in [3.63, 3.8) is 0 Å². The number of nitrogens with one attached hydrogen (secondary N) is 1. The average molecular weight is 387 g/mol. The molecule has 0 fully saturated rings. The number of aromatic nitrogens is 2. The molecular formula is C27H21N3. The molecule has 1 aliphatic heterocycles. The van der Waals surface area contributed by atoms with Crippen molar-refractivity contribution in [3.05, 3.63) is 108 Å². The van der Waals surface area contributed by atoms with E-state index >= 15 is 0 Å². The Hall–Kier alpha value is -3.85. The minimum Gasteiger partial charge on any atom is -0.338 e. The van der Waals surface area contributed by atoms with Crippen LogP contribution in [0.2, 0.25) is 0 Å². The zero-order chi connectivity index (χ0) is 19.9. The summed E-state index contributed by atoms with van der Waals surface area (Å²) in [5.41, 5.74) is 9.60. The minimum atomic E-state index is 0.902. The number of aromatic amines is 1. The molecule has 144 valence electrons. The van der Waals surface area contributed by atoms with Crippen LogP contribution in [-0.4, -0.2) is 9.97 Å². The van der Waals surface area contributed by atoms with E-state index in [-0.39, 0.29) is 0 Å². The van der Waals surface area contributed by atoms with Gasteiger partial charge in [0.1, 0.15) is 5.82 Å². The van der Waals surface area contributed by atoms with Gasteiger partial charge >= 0.3 is 0 Å². The van der Waals surface area contributed by atoms with Gasteiger partial charge in [-0.3, -0.25) is 0 Å². The molecule has 0 saturated heterocycles. The second-order valence-electron chi connectivity index (χ2n) is 7.74. The first-order chi connectivity index (χ1) is 14.9. The molecule has 0 amide bonds. The number of hydrogen-bond acceptors (Lipinski definition) is 2. The molecular weight excluding hydrogens is 366 g/mol. The van der Waals surface area contributed by atoms with Crippen LogP contribution in [0.3, 0.4) is 0 Å². The molecule has 3 heteroatoms. The predicted molar refractivity (Wildman–Crippen MR) is 124 cm³/mol. The maximum atomic E-state index is 4.74. The highest BCUT2D eigenvalue weighted by molar-refractivity contribution is 5.83. The summed E-state index contributed by atoms with van der Waals surface area (Å²) in [6.07, 6.45) is 2.11. The monoisotopic (exact) mass is 387 g/mol. The van der Waals surface area contributed by atoms with E-state index in [2.05, 4.69) is 88.7 Å². The SMILES string of the molecule is c1ccc2c(c1)CCc1ccccc1N2c1ccc(-c2nc3ccccc3[nH]2)cc1. The van der Waals surface area contributed by atoms with Gasteiger partial charge in [0.2, 0.25) is 0 Å². The van der Waals surface area contributed by atoms with Gasteiger partial charge in [0, 0.05) is 22.6 Å². The molecule has 0 spiro atoms. The number of nitrogens with zero attached hydrogens (tertiary/aromatic N) is 2. The lowest BCUT2D eigenvalue weighted by atomic mass is 10.0. The van der Waals surface area contributed by atoms with Gasteiger partial charge in [-0.05, 0) is 72.5 Å². The Kier molecular flexibility index (Phi) is 3.91. The van der Waals surface area contributed by atoms with Crippen LogP contribution in [0.15, 0.2) is 97.1 Å². The molecule has 5 aromatic rings. The maximum Gasteiger partial charge on any atom is 0.138 e. The fourth-order valence-corrected chi connectivity index (χ4v) is 4.42. The fourth-order valence-electron chi connectivity index (χ4n) is 4.42. The average Bonchev–Trinajstić information content (AvgIpc) is 3.16. The Balaban J connectivity index is 1.46. The smallest absolute Gasteiger partial charge is 0.138 e. The highest BCUT2D eigenvalue weighted by Crippen LogP contribution is 2.41. The fraction of sp³-hybridized carbons (Fsp3) is 0.0741. The van der Waals surface area contributed by atoms with E-state index in [4.69, 9.17) is 4.98 Å². The third-order valence-corrected chi connectivity index (χ3v) is 5.92. The van der Waals surface area contributed by atoms with Crippen molar-refractivity contribution in [2.75, 3.05) is 4.90 Å². The van der Waals surface area contributed by atoms with E-state index in [1.807, 2.05) is 18.2 Å². The van der Waals surface area contributed by atoms with Crippen molar-refractivity contribution < 1.29 is 0 Å². The molecule has 1 aromatic heterocycles. The molecule has 0 saturated carbocycles. The lowest BCUT2D eigenvalue weighted by molar-refractivity contribution is 0.977. The number of para-hydroxylation sites is 4. The molecule has 4 aromatic carbocycles. The Labute approximate surface area is 175 Å². The molecule has 2 heterocycles. The molecule has 30 heavy (non-hydrogen) atoms. The molecule has 0 aliphatic carbocycles. The van der Waals surface area contributed by atoms with E-state index in [9.17, 15) is 0 Å². The summed E-state index contributed by atoms with van der Waals surface area (Å²) < 4.78 is 0. The van der Waals surface area contributed by atoms with Crippen molar-refractivity contribution in [1.29, 1.82) is 0 Å². The lowest BCUT2D eigenvalue weighted by Crippen LogP contribution is -2.11. The van der Waals surface area contributed by atoms with Crippen LogP contribution in [0.25, 0.3) is 22.4 Å². The second-order valence-corrected chi connectivity index (χ2v) is 7.74. The number of fused-ring (bicyclic) bond motifs is 3. The standard InChI is InChI=1S/C27H21N3/c1-5-11-25-19(7-1)13-14-20-8-2-6-12-26(20)30(25)22-17-15-21(16-18-22)27-28-23-9-3-4-10-24(23)29-27/h1-12,15-18H,13-14H2,(H,28,29). The van der Waals surface area contributed by atoms with Crippen LogP contribution in [0.1, 0.15) is 11.1 Å². The van der Waals surface area contributed by atoms with Crippen molar-refractivity contribution in [1.82, 2.24) is 9.97 Å². The molecule has 6 rings (SSSR count). The van der Waals surface area contributed by atoms with Crippen LogP contribution >= 0.6 is 0 Å². The van der Waals surface area contributed by atoms with Crippen LogP contribution < -0.4 is 4.90 Å². The summed E-state index contributed by atoms with van der Waals surface area (Å²) in [7, 11) is 0. The van der Waals surface area contributed by atoms with E-state index in [0.29, 0.717) is 0 Å². The number of rotatable bonds is 2. The first-order valence-electron chi connectivity index (χ1n) is 10.4. The Morgan fingerprint density at radius 1 is 0.633 bits per heavy atom. The van der Waals surface area contributed by atoms with E-state index in [1.54, 1.807) is 0 Å². The number of anilines is 3. The largest absolute Gasteiger partial charge is 0.338 e. The Bertz CT molecular complexity index is 1270. The van der Waals surface area contributed by atoms with Crippen molar-refractivity contribution in [2.45, 2.75) is 12.8 Å². The van der Waals surface area contributed by atoms with Gasteiger partial charge in [-0.15, -0.1) is 0 Å². The summed E-state index contributed by atoms with van der Waals surface area (Å²) in [4.78, 5) is 10.6. The van der Waals surface area contributed by atoms with Gasteiger partial charge < -0.3 is 9.88 Å². The summed E-state index contributed by atoms with van der Waals surface area (Å²) in [6.45, 7) is 0. The van der Waals surface area contributed by atoms with Gasteiger partial charge in [0.25, 0.3) is 0 Å². The quantitative estimate of drug-likeness (QED) is 0.361. The van der Waals surface area contributed by atoms with Crippen LogP contribution in [-0.2, 0) is 12.8 Å². The number of benzene rings is 4. The maximum absolute atomic E-state index is 4.74. The number of imidazole rings is 1. The van der Waals surface area contributed by atoms with Gasteiger partial charge in [-0.25, -0.2) is 4.98 Å². The van der Waals surface area contributed by atoms with Crippen LogP contribution in [0, 0.1) is 0 Å². The van der Waals surface area contributed by atoms with E-state index in [1.165, 1.54) is 22.5 Å². The van der Waals surface area contributed by atoms with Gasteiger partial charge in [0.05, 0.1) is 11.0 Å². The zero-order valence-corrected chi connectivity index (χ0v) is 16.5. The molecule has 0 radical (unpaired) electrons. The highest BCUT2D eigenvalue weighted by atomic mass is 15.1. The van der Waals surface area contributed by atoms with Crippen LogP contribution in [0.5, 0.6) is 0 Å². The first-order valence-corrected chi connectivity index (χ1v) is 10.4. The molecule has 0 unspecified atom stereocenters. The first kappa shape index (κ1) is 17.0. The second kappa shape index (κ2) is 6.89. The summed E-state index contributed by atoms with van der Waals surface area (Å²) in [5.74, 6) is 0.902. The molecule has 3 nitrogen and oxygen atoms in total. The molecule has 0 atom stereocenters. The van der Waals surface area contributed by atoms with Crippen molar-refractivity contribution >= 4 is 28.1 Å². The lowest BCUT2D eigenvalue weighted by Gasteiger charge is -2.27. The van der Waals surface area contributed by atoms with Gasteiger partial charge in [-0.1, -0.05) is 48.5 Å².